The number of halogens is 1. The Morgan fingerprint density at radius 1 is 1.42 bits per heavy atom. The number of nitrogens with zero attached hydrogens (tertiary/aromatic N) is 3. The summed E-state index contributed by atoms with van der Waals surface area (Å²) in [4.78, 5) is 26.8. The average Bonchev–Trinajstić information content (AvgIpc) is 3.17. The summed E-state index contributed by atoms with van der Waals surface area (Å²) in [6.07, 6.45) is 4.56. The van der Waals surface area contributed by atoms with Gasteiger partial charge in [0.05, 0.1) is 19.3 Å². The zero-order chi connectivity index (χ0) is 17.6. The summed E-state index contributed by atoms with van der Waals surface area (Å²) in [6.45, 7) is 6.06. The highest BCUT2D eigenvalue weighted by Gasteiger charge is 2.27. The van der Waals surface area contributed by atoms with Crippen molar-refractivity contribution in [1.29, 1.82) is 0 Å². The Morgan fingerprint density at radius 2 is 2.19 bits per heavy atom. The summed E-state index contributed by atoms with van der Waals surface area (Å²) in [5.41, 5.74) is 0.360. The number of piperidine rings is 1. The Labute approximate surface area is 160 Å². The summed E-state index contributed by atoms with van der Waals surface area (Å²) in [6, 6.07) is 1.48. The van der Waals surface area contributed by atoms with Crippen molar-refractivity contribution < 1.29 is 14.3 Å². The fourth-order valence-electron chi connectivity index (χ4n) is 3.30. The summed E-state index contributed by atoms with van der Waals surface area (Å²) in [5.74, 6) is -0.342. The molecule has 0 saturated carbocycles. The molecule has 2 saturated heterocycles. The first-order valence-electron chi connectivity index (χ1n) is 9.12. The van der Waals surface area contributed by atoms with Gasteiger partial charge in [0.15, 0.2) is 0 Å². The Bertz CT molecular complexity index is 597. The molecular formula is C17H28ClN5O3. The van der Waals surface area contributed by atoms with Crippen molar-refractivity contribution >= 4 is 24.2 Å². The molecule has 2 fully saturated rings. The monoisotopic (exact) mass is 385 g/mol. The van der Waals surface area contributed by atoms with E-state index in [1.165, 1.54) is 0 Å². The molecule has 2 unspecified atom stereocenters. The second-order valence-electron chi connectivity index (χ2n) is 6.55. The molecule has 9 heteroatoms. The lowest BCUT2D eigenvalue weighted by atomic mass is 10.1. The minimum atomic E-state index is -0.521. The second-order valence-corrected chi connectivity index (χ2v) is 6.55. The Morgan fingerprint density at radius 3 is 2.85 bits per heavy atom. The van der Waals surface area contributed by atoms with Gasteiger partial charge in [-0.05, 0) is 31.9 Å². The van der Waals surface area contributed by atoms with Crippen LogP contribution in [-0.2, 0) is 9.53 Å². The number of nitrogens with one attached hydrogen (secondary N) is 2. The number of carbonyl (C=O) groups is 2. The maximum atomic E-state index is 12.6. The maximum absolute atomic E-state index is 12.6. The predicted molar refractivity (Wildman–Crippen MR) is 99.6 cm³/mol. The smallest absolute Gasteiger partial charge is 0.272 e. The zero-order valence-corrected chi connectivity index (χ0v) is 16.0. The molecule has 3 heterocycles. The highest BCUT2D eigenvalue weighted by atomic mass is 35.5. The van der Waals surface area contributed by atoms with Gasteiger partial charge in [-0.2, -0.15) is 5.10 Å². The summed E-state index contributed by atoms with van der Waals surface area (Å²) in [7, 11) is 0. The number of aromatic nitrogens is 2. The van der Waals surface area contributed by atoms with Crippen LogP contribution >= 0.6 is 12.4 Å². The van der Waals surface area contributed by atoms with Crippen LogP contribution < -0.4 is 10.6 Å². The number of hydrogen-bond acceptors (Lipinski definition) is 5. The molecule has 2 aliphatic heterocycles. The zero-order valence-electron chi connectivity index (χ0n) is 15.1. The fourth-order valence-corrected chi connectivity index (χ4v) is 3.30. The van der Waals surface area contributed by atoms with Crippen LogP contribution in [0.3, 0.4) is 0 Å². The van der Waals surface area contributed by atoms with Gasteiger partial charge in [-0.3, -0.25) is 14.3 Å². The van der Waals surface area contributed by atoms with Gasteiger partial charge in [-0.25, -0.2) is 0 Å². The number of hydrogen-bond donors (Lipinski definition) is 2. The van der Waals surface area contributed by atoms with Crippen molar-refractivity contribution in [3.8, 4) is 0 Å². The van der Waals surface area contributed by atoms with Crippen LogP contribution in [0.4, 0.5) is 0 Å². The number of amides is 2. The van der Waals surface area contributed by atoms with E-state index in [0.717, 1.165) is 25.9 Å². The second kappa shape index (κ2) is 9.89. The number of ether oxygens (including phenoxy) is 1. The third kappa shape index (κ3) is 4.96. The van der Waals surface area contributed by atoms with Crippen LogP contribution in [0.5, 0.6) is 0 Å². The molecule has 0 radical (unpaired) electrons. The average molecular weight is 386 g/mol. The van der Waals surface area contributed by atoms with E-state index in [-0.39, 0.29) is 30.3 Å². The minimum absolute atomic E-state index is 0. The quantitative estimate of drug-likeness (QED) is 0.774. The van der Waals surface area contributed by atoms with Crippen LogP contribution in [0, 0.1) is 0 Å². The molecule has 146 valence electrons. The van der Waals surface area contributed by atoms with Crippen molar-refractivity contribution in [3.05, 3.63) is 18.0 Å². The van der Waals surface area contributed by atoms with Gasteiger partial charge >= 0.3 is 0 Å². The molecule has 0 aromatic carbocycles. The summed E-state index contributed by atoms with van der Waals surface area (Å²) < 4.78 is 7.13. The van der Waals surface area contributed by atoms with Gasteiger partial charge in [-0.1, -0.05) is 6.92 Å². The van der Waals surface area contributed by atoms with Crippen LogP contribution in [0.1, 0.15) is 42.7 Å². The molecule has 2 aliphatic rings. The molecule has 26 heavy (non-hydrogen) atoms. The lowest BCUT2D eigenvalue weighted by Gasteiger charge is -2.30. The fraction of sp³-hybridized carbons (Fsp3) is 0.706. The minimum Gasteiger partial charge on any atom is -0.378 e. The SMILES string of the molecule is CCC(NC(=O)c1ccn(C2CCCNC2)n1)C(=O)N1CCOCC1.Cl. The molecule has 3 rings (SSSR count). The van der Waals surface area contributed by atoms with E-state index < -0.39 is 6.04 Å². The van der Waals surface area contributed by atoms with Crippen molar-refractivity contribution in [2.45, 2.75) is 38.3 Å². The van der Waals surface area contributed by atoms with Crippen molar-refractivity contribution in [1.82, 2.24) is 25.3 Å². The van der Waals surface area contributed by atoms with Crippen molar-refractivity contribution in [2.75, 3.05) is 39.4 Å². The molecule has 2 amide bonds. The van der Waals surface area contributed by atoms with Crippen LogP contribution in [-0.4, -0.2) is 71.9 Å². The lowest BCUT2D eigenvalue weighted by molar-refractivity contribution is -0.137. The van der Waals surface area contributed by atoms with E-state index >= 15 is 0 Å². The van der Waals surface area contributed by atoms with Crippen molar-refractivity contribution in [3.63, 3.8) is 0 Å². The van der Waals surface area contributed by atoms with E-state index in [4.69, 9.17) is 4.74 Å². The Kier molecular flexibility index (Phi) is 7.86. The Balaban J connectivity index is 0.00000243. The first-order chi connectivity index (χ1) is 12.2. The first kappa shape index (κ1) is 20.7. The predicted octanol–water partition coefficient (Wildman–Crippen LogP) is 0.597. The van der Waals surface area contributed by atoms with Gasteiger partial charge in [0, 0.05) is 25.8 Å². The normalized spacial score (nSPS) is 21.6. The lowest BCUT2D eigenvalue weighted by Crippen LogP contribution is -2.51. The molecule has 0 bridgehead atoms. The highest BCUT2D eigenvalue weighted by molar-refractivity contribution is 5.96. The topological polar surface area (TPSA) is 88.5 Å². The van der Waals surface area contributed by atoms with Gasteiger partial charge in [0.25, 0.3) is 5.91 Å². The van der Waals surface area contributed by atoms with E-state index in [1.54, 1.807) is 11.0 Å². The van der Waals surface area contributed by atoms with Gasteiger partial charge in [0.2, 0.25) is 5.91 Å². The molecule has 0 spiro atoms. The molecule has 1 aromatic heterocycles. The molecule has 8 nitrogen and oxygen atoms in total. The van der Waals surface area contributed by atoms with Gasteiger partial charge in [-0.15, -0.1) is 12.4 Å². The van der Waals surface area contributed by atoms with Crippen LogP contribution in [0.2, 0.25) is 0 Å². The third-order valence-electron chi connectivity index (χ3n) is 4.82. The molecule has 0 aliphatic carbocycles. The van der Waals surface area contributed by atoms with Gasteiger partial charge in [0.1, 0.15) is 11.7 Å². The highest BCUT2D eigenvalue weighted by Crippen LogP contribution is 2.16. The van der Waals surface area contributed by atoms with Crippen molar-refractivity contribution in [2.24, 2.45) is 0 Å². The number of rotatable bonds is 5. The van der Waals surface area contributed by atoms with E-state index in [0.29, 0.717) is 38.4 Å². The largest absolute Gasteiger partial charge is 0.378 e. The molecular weight excluding hydrogens is 358 g/mol. The number of carbonyl (C=O) groups excluding carboxylic acids is 2. The number of morpholine rings is 1. The van der Waals surface area contributed by atoms with E-state index in [1.807, 2.05) is 17.8 Å². The standard InChI is InChI=1S/C17H27N5O3.ClH/c1-2-14(17(24)21-8-10-25-11-9-21)19-16(23)15-5-7-22(20-15)13-4-3-6-18-12-13;/h5,7,13-14,18H,2-4,6,8-12H2,1H3,(H,19,23);1H. The molecule has 2 atom stereocenters. The van der Waals surface area contributed by atoms with Crippen LogP contribution in [0.15, 0.2) is 12.3 Å². The summed E-state index contributed by atoms with van der Waals surface area (Å²) >= 11 is 0. The molecule has 2 N–H and O–H groups in total. The van der Waals surface area contributed by atoms with E-state index in [2.05, 4.69) is 15.7 Å². The third-order valence-corrected chi connectivity index (χ3v) is 4.82. The summed E-state index contributed by atoms with van der Waals surface area (Å²) in [5, 5.41) is 10.6. The van der Waals surface area contributed by atoms with Crippen LogP contribution in [0.25, 0.3) is 0 Å². The first-order valence-corrected chi connectivity index (χ1v) is 9.12. The van der Waals surface area contributed by atoms with Gasteiger partial charge < -0.3 is 20.3 Å². The molecule has 1 aromatic rings. The van der Waals surface area contributed by atoms with E-state index in [9.17, 15) is 9.59 Å². The maximum Gasteiger partial charge on any atom is 0.272 e. The Hall–Kier alpha value is -1.64.